The van der Waals surface area contributed by atoms with Crippen molar-refractivity contribution < 1.29 is 19.0 Å². The van der Waals surface area contributed by atoms with Gasteiger partial charge in [-0.1, -0.05) is 48.5 Å². The monoisotopic (exact) mass is 489 g/mol. The van der Waals surface area contributed by atoms with Crippen LogP contribution in [0.3, 0.4) is 0 Å². The molecule has 2 aliphatic heterocycles. The van der Waals surface area contributed by atoms with Crippen molar-refractivity contribution >= 4 is 11.7 Å². The van der Waals surface area contributed by atoms with Crippen LogP contribution in [0.4, 0.5) is 14.9 Å². The molecule has 5 rings (SSSR count). The van der Waals surface area contributed by atoms with E-state index in [1.165, 1.54) is 12.1 Å². The number of nitrogens with zero attached hydrogens (tertiary/aromatic N) is 2. The molecule has 36 heavy (non-hydrogen) atoms. The summed E-state index contributed by atoms with van der Waals surface area (Å²) in [5.74, 6) is 0.476. The number of ether oxygens (including phenoxy) is 1. The first-order valence-corrected chi connectivity index (χ1v) is 12.5. The Morgan fingerprint density at radius 3 is 2.56 bits per heavy atom. The Kier molecular flexibility index (Phi) is 7.20. The van der Waals surface area contributed by atoms with Crippen molar-refractivity contribution in [3.05, 3.63) is 84.2 Å². The van der Waals surface area contributed by atoms with E-state index in [2.05, 4.69) is 22.3 Å². The largest absolute Gasteiger partial charge is 0.495 e. The van der Waals surface area contributed by atoms with E-state index in [1.807, 2.05) is 47.4 Å². The predicted molar refractivity (Wildman–Crippen MR) is 139 cm³/mol. The van der Waals surface area contributed by atoms with Gasteiger partial charge in [0.2, 0.25) is 0 Å². The minimum atomic E-state index is -0.257. The van der Waals surface area contributed by atoms with Crippen LogP contribution in [0.2, 0.25) is 0 Å². The van der Waals surface area contributed by atoms with E-state index in [0.717, 1.165) is 36.1 Å². The average Bonchev–Trinajstić information content (AvgIpc) is 2.88. The summed E-state index contributed by atoms with van der Waals surface area (Å²) in [5, 5.41) is 13.2. The third-order valence-electron chi connectivity index (χ3n) is 7.46. The number of nitrogens with one attached hydrogen (secondary N) is 1. The van der Waals surface area contributed by atoms with E-state index < -0.39 is 0 Å². The Morgan fingerprint density at radius 1 is 1.03 bits per heavy atom. The Hall–Kier alpha value is -3.42. The fourth-order valence-electron chi connectivity index (χ4n) is 5.63. The average molecular weight is 490 g/mol. The summed E-state index contributed by atoms with van der Waals surface area (Å²) >= 11 is 0. The lowest BCUT2D eigenvalue weighted by Crippen LogP contribution is -2.68. The van der Waals surface area contributed by atoms with Crippen LogP contribution in [0.15, 0.2) is 72.8 Å². The normalized spacial score (nSPS) is 22.1. The van der Waals surface area contributed by atoms with Crippen molar-refractivity contribution in [3.63, 3.8) is 0 Å². The number of para-hydroxylation sites is 2. The number of urea groups is 1. The van der Waals surface area contributed by atoms with Crippen LogP contribution in [0.1, 0.15) is 24.3 Å². The number of aliphatic hydroxyl groups excluding tert-OH is 1. The van der Waals surface area contributed by atoms with E-state index in [1.54, 1.807) is 13.2 Å². The molecule has 3 aromatic rings. The molecule has 2 aliphatic rings. The maximum Gasteiger partial charge on any atom is 0.322 e. The molecule has 0 aliphatic carbocycles. The summed E-state index contributed by atoms with van der Waals surface area (Å²) < 4.78 is 19.1. The molecule has 0 aromatic heterocycles. The van der Waals surface area contributed by atoms with Gasteiger partial charge in [-0.2, -0.15) is 0 Å². The Morgan fingerprint density at radius 2 is 1.81 bits per heavy atom. The zero-order valence-corrected chi connectivity index (χ0v) is 20.4. The molecule has 6 nitrogen and oxygen atoms in total. The SMILES string of the molecule is COc1ccccc1NC(=O)N1CCCCN2[C@H](CO)[C@@H](c3ccc(-c4cccc(F)c4)cc3)[C@@H]2C1. The number of halogens is 1. The van der Waals surface area contributed by atoms with E-state index in [9.17, 15) is 14.3 Å². The number of anilines is 1. The molecule has 0 bridgehead atoms. The first-order chi connectivity index (χ1) is 17.6. The van der Waals surface area contributed by atoms with Gasteiger partial charge in [-0.25, -0.2) is 9.18 Å². The maximum absolute atomic E-state index is 13.7. The lowest BCUT2D eigenvalue weighted by Gasteiger charge is -2.57. The highest BCUT2D eigenvalue weighted by Crippen LogP contribution is 2.42. The van der Waals surface area contributed by atoms with Gasteiger partial charge >= 0.3 is 6.03 Å². The van der Waals surface area contributed by atoms with Crippen LogP contribution in [0.5, 0.6) is 5.75 Å². The van der Waals surface area contributed by atoms with Crippen LogP contribution >= 0.6 is 0 Å². The summed E-state index contributed by atoms with van der Waals surface area (Å²) in [6.45, 7) is 2.24. The third-order valence-corrected chi connectivity index (χ3v) is 7.46. The Balaban J connectivity index is 1.35. The lowest BCUT2D eigenvalue weighted by molar-refractivity contribution is -0.0585. The van der Waals surface area contributed by atoms with E-state index in [0.29, 0.717) is 24.5 Å². The number of carbonyl (C=O) groups is 1. The number of hydrogen-bond donors (Lipinski definition) is 2. The minimum Gasteiger partial charge on any atom is -0.495 e. The highest BCUT2D eigenvalue weighted by molar-refractivity contribution is 5.91. The number of fused-ring (bicyclic) bond motifs is 1. The van der Waals surface area contributed by atoms with Gasteiger partial charge in [0.25, 0.3) is 0 Å². The molecule has 188 valence electrons. The summed E-state index contributed by atoms with van der Waals surface area (Å²) in [4.78, 5) is 17.5. The molecule has 3 atom stereocenters. The number of benzene rings is 3. The van der Waals surface area contributed by atoms with Gasteiger partial charge in [0.1, 0.15) is 11.6 Å². The summed E-state index contributed by atoms with van der Waals surface area (Å²) in [7, 11) is 1.59. The van der Waals surface area contributed by atoms with Crippen molar-refractivity contribution in [3.8, 4) is 16.9 Å². The molecule has 2 fully saturated rings. The molecule has 0 spiro atoms. The molecule has 2 amide bonds. The fourth-order valence-corrected chi connectivity index (χ4v) is 5.63. The first-order valence-electron chi connectivity index (χ1n) is 12.5. The quantitative estimate of drug-likeness (QED) is 0.532. The van der Waals surface area contributed by atoms with E-state index in [4.69, 9.17) is 4.74 Å². The number of methoxy groups -OCH3 is 1. The zero-order valence-electron chi connectivity index (χ0n) is 20.4. The molecule has 7 heteroatoms. The summed E-state index contributed by atoms with van der Waals surface area (Å²) in [5.41, 5.74) is 3.56. The van der Waals surface area contributed by atoms with Crippen LogP contribution in [0, 0.1) is 5.82 Å². The van der Waals surface area contributed by atoms with E-state index >= 15 is 0 Å². The molecular formula is C29H32FN3O3. The predicted octanol–water partition coefficient (Wildman–Crippen LogP) is 4.96. The van der Waals surface area contributed by atoms with Crippen molar-refractivity contribution in [1.29, 1.82) is 0 Å². The highest BCUT2D eigenvalue weighted by Gasteiger charge is 2.49. The second-order valence-electron chi connectivity index (χ2n) is 9.50. The second kappa shape index (κ2) is 10.7. The van der Waals surface area contributed by atoms with Crippen LogP contribution in [0.25, 0.3) is 11.1 Å². The van der Waals surface area contributed by atoms with Crippen molar-refractivity contribution in [2.75, 3.05) is 38.7 Å². The molecular weight excluding hydrogens is 457 g/mol. The van der Waals surface area contributed by atoms with Gasteiger partial charge in [0.05, 0.1) is 19.4 Å². The smallest absolute Gasteiger partial charge is 0.322 e. The summed E-state index contributed by atoms with van der Waals surface area (Å²) in [6.07, 6.45) is 1.88. The number of carbonyl (C=O) groups excluding carboxylic acids is 1. The summed E-state index contributed by atoms with van der Waals surface area (Å²) in [6, 6.07) is 22.1. The molecule has 2 N–H and O–H groups in total. The van der Waals surface area contributed by atoms with Gasteiger partial charge in [0, 0.05) is 31.1 Å². The van der Waals surface area contributed by atoms with Gasteiger partial charge < -0.3 is 20.1 Å². The second-order valence-corrected chi connectivity index (χ2v) is 9.50. The van der Waals surface area contributed by atoms with Crippen LogP contribution < -0.4 is 10.1 Å². The van der Waals surface area contributed by atoms with Crippen molar-refractivity contribution in [2.24, 2.45) is 0 Å². The molecule has 2 heterocycles. The third kappa shape index (κ3) is 4.81. The number of amides is 2. The first kappa shape index (κ1) is 24.3. The molecule has 3 aromatic carbocycles. The fraction of sp³-hybridized carbons (Fsp3) is 0.345. The zero-order chi connectivity index (χ0) is 25.1. The van der Waals surface area contributed by atoms with Crippen LogP contribution in [-0.2, 0) is 0 Å². The molecule has 0 unspecified atom stereocenters. The number of rotatable bonds is 5. The van der Waals surface area contributed by atoms with Gasteiger partial charge in [-0.3, -0.25) is 4.90 Å². The molecule has 0 radical (unpaired) electrons. The Labute approximate surface area is 211 Å². The number of aliphatic hydroxyl groups is 1. The van der Waals surface area contributed by atoms with Gasteiger partial charge in [-0.15, -0.1) is 0 Å². The minimum absolute atomic E-state index is 0.0206. The van der Waals surface area contributed by atoms with Crippen LogP contribution in [-0.4, -0.2) is 66.4 Å². The standard InChI is InChI=1S/C29H32FN3O3/c1-36-27-10-3-2-9-24(27)31-29(35)32-15-4-5-16-33-25(18-32)28(26(33)19-34)21-13-11-20(12-14-21)22-7-6-8-23(30)17-22/h2-3,6-14,17,25-26,28,34H,4-5,15-16,18-19H2,1H3,(H,31,35)/t25-,26+,28-/m0/s1. The molecule has 2 saturated heterocycles. The van der Waals surface area contributed by atoms with Crippen molar-refractivity contribution in [2.45, 2.75) is 30.8 Å². The van der Waals surface area contributed by atoms with Gasteiger partial charge in [-0.05, 0) is 60.3 Å². The Bertz CT molecular complexity index is 1200. The van der Waals surface area contributed by atoms with E-state index in [-0.39, 0.29) is 36.5 Å². The topological polar surface area (TPSA) is 65.0 Å². The lowest BCUT2D eigenvalue weighted by atomic mass is 9.74. The maximum atomic E-state index is 13.7. The molecule has 0 saturated carbocycles. The highest BCUT2D eigenvalue weighted by atomic mass is 19.1. The van der Waals surface area contributed by atoms with Gasteiger partial charge in [0.15, 0.2) is 0 Å². The number of hydrogen-bond acceptors (Lipinski definition) is 4. The van der Waals surface area contributed by atoms with Crippen molar-refractivity contribution in [1.82, 2.24) is 9.80 Å².